The van der Waals surface area contributed by atoms with Gasteiger partial charge in [0.05, 0.1) is 24.2 Å². The van der Waals surface area contributed by atoms with Gasteiger partial charge in [-0.2, -0.15) is 4.31 Å². The quantitative estimate of drug-likeness (QED) is 0.554. The number of thiocarbonyl (C=S) groups is 1. The summed E-state index contributed by atoms with van der Waals surface area (Å²) < 4.78 is 31.8. The van der Waals surface area contributed by atoms with Gasteiger partial charge in [-0.3, -0.25) is 4.79 Å². The van der Waals surface area contributed by atoms with E-state index >= 15 is 0 Å². The number of aliphatic hydroxyl groups is 1. The molecule has 9 nitrogen and oxygen atoms in total. The fraction of sp³-hybridized carbons (Fsp3) is 0.500. The van der Waals surface area contributed by atoms with Crippen LogP contribution in [0.2, 0.25) is 0 Å². The second kappa shape index (κ2) is 8.07. The molecule has 0 aliphatic carbocycles. The number of hydrogen-bond donors (Lipinski definition) is 3. The van der Waals surface area contributed by atoms with Crippen molar-refractivity contribution in [2.75, 3.05) is 38.2 Å². The number of likely N-dealkylation sites (tertiary alicyclic amines) is 1. The third kappa shape index (κ3) is 4.38. The average molecular weight is 415 g/mol. The molecule has 2 aliphatic heterocycles. The molecule has 0 unspecified atom stereocenters. The van der Waals surface area contributed by atoms with Crippen molar-refractivity contribution >= 4 is 38.9 Å². The van der Waals surface area contributed by atoms with E-state index in [1.54, 1.807) is 17.0 Å². The van der Waals surface area contributed by atoms with Crippen LogP contribution in [0.25, 0.3) is 0 Å². The van der Waals surface area contributed by atoms with Crippen LogP contribution in [-0.2, 0) is 19.6 Å². The molecule has 0 bridgehead atoms. The summed E-state index contributed by atoms with van der Waals surface area (Å²) in [7, 11) is -3.56. The Kier molecular flexibility index (Phi) is 5.96. The Morgan fingerprint density at radius 3 is 2.48 bits per heavy atom. The lowest BCUT2D eigenvalue weighted by Crippen LogP contribution is -2.45. The average Bonchev–Trinajstić information content (AvgIpc) is 3.05. The molecule has 0 spiro atoms. The van der Waals surface area contributed by atoms with E-state index in [-0.39, 0.29) is 23.0 Å². The normalized spacial score (nSPS) is 24.0. The Balaban J connectivity index is 1.68. The van der Waals surface area contributed by atoms with Gasteiger partial charge in [0.15, 0.2) is 5.11 Å². The van der Waals surface area contributed by atoms with Crippen molar-refractivity contribution in [1.82, 2.24) is 9.21 Å². The Labute approximate surface area is 163 Å². The summed E-state index contributed by atoms with van der Waals surface area (Å²) in [4.78, 5) is 13.3. The van der Waals surface area contributed by atoms with Gasteiger partial charge in [0.25, 0.3) is 0 Å². The topological polar surface area (TPSA) is 125 Å². The van der Waals surface area contributed by atoms with Crippen LogP contribution in [0.15, 0.2) is 29.2 Å². The number of primary amides is 1. The number of aliphatic hydroxyl groups excluding tert-OH is 1. The van der Waals surface area contributed by atoms with E-state index in [1.165, 1.54) is 16.4 Å². The van der Waals surface area contributed by atoms with Crippen molar-refractivity contribution in [2.24, 2.45) is 5.73 Å². The SMILES string of the molecule is NC(=O)[C@H]1C[C@@H](O)CN1C(=S)Nc1ccc(S(=O)(=O)N2CCOCC2)cc1. The number of benzene rings is 1. The maximum absolute atomic E-state index is 12.6. The fourth-order valence-corrected chi connectivity index (χ4v) is 4.88. The van der Waals surface area contributed by atoms with E-state index in [0.717, 1.165) is 0 Å². The monoisotopic (exact) mass is 414 g/mol. The first-order chi connectivity index (χ1) is 12.8. The van der Waals surface area contributed by atoms with Gasteiger partial charge in [0, 0.05) is 31.7 Å². The zero-order valence-corrected chi connectivity index (χ0v) is 16.2. The molecule has 1 aromatic rings. The van der Waals surface area contributed by atoms with Gasteiger partial charge in [0.2, 0.25) is 15.9 Å². The van der Waals surface area contributed by atoms with Crippen molar-refractivity contribution in [1.29, 1.82) is 0 Å². The molecule has 0 saturated carbocycles. The van der Waals surface area contributed by atoms with E-state index < -0.39 is 28.1 Å². The van der Waals surface area contributed by atoms with Crippen LogP contribution in [0.5, 0.6) is 0 Å². The molecule has 27 heavy (non-hydrogen) atoms. The lowest BCUT2D eigenvalue weighted by molar-refractivity contribution is -0.121. The minimum Gasteiger partial charge on any atom is -0.391 e. The first-order valence-corrected chi connectivity index (χ1v) is 10.4. The summed E-state index contributed by atoms with van der Waals surface area (Å²) >= 11 is 5.31. The minimum absolute atomic E-state index is 0.187. The molecular weight excluding hydrogens is 392 g/mol. The molecule has 4 N–H and O–H groups in total. The zero-order valence-electron chi connectivity index (χ0n) is 14.6. The number of nitrogens with one attached hydrogen (secondary N) is 1. The minimum atomic E-state index is -3.56. The van der Waals surface area contributed by atoms with Crippen LogP contribution >= 0.6 is 12.2 Å². The molecule has 2 saturated heterocycles. The molecule has 1 amide bonds. The molecule has 3 rings (SSSR count). The lowest BCUT2D eigenvalue weighted by atomic mass is 10.2. The summed E-state index contributed by atoms with van der Waals surface area (Å²) in [5.74, 6) is -0.553. The largest absolute Gasteiger partial charge is 0.391 e. The molecule has 2 heterocycles. The number of morpholine rings is 1. The summed E-state index contributed by atoms with van der Waals surface area (Å²) in [6, 6.07) is 5.54. The Hall–Kier alpha value is -1.79. The van der Waals surface area contributed by atoms with E-state index in [9.17, 15) is 18.3 Å². The van der Waals surface area contributed by atoms with Gasteiger partial charge in [-0.1, -0.05) is 0 Å². The summed E-state index contributed by atoms with van der Waals surface area (Å²) in [6.07, 6.45) is -0.447. The molecule has 2 aliphatic rings. The molecule has 11 heteroatoms. The Morgan fingerprint density at radius 2 is 1.89 bits per heavy atom. The van der Waals surface area contributed by atoms with E-state index in [0.29, 0.717) is 32.0 Å². The fourth-order valence-electron chi connectivity index (χ4n) is 3.15. The number of carbonyl (C=O) groups is 1. The van der Waals surface area contributed by atoms with E-state index in [4.69, 9.17) is 22.7 Å². The van der Waals surface area contributed by atoms with Crippen molar-refractivity contribution in [3.05, 3.63) is 24.3 Å². The number of rotatable bonds is 4. The highest BCUT2D eigenvalue weighted by Crippen LogP contribution is 2.22. The molecular formula is C16H22N4O5S2. The number of anilines is 1. The summed E-state index contributed by atoms with van der Waals surface area (Å²) in [6.45, 7) is 1.64. The number of carbonyl (C=O) groups excluding carboxylic acids is 1. The van der Waals surface area contributed by atoms with Gasteiger partial charge in [-0.25, -0.2) is 8.42 Å². The van der Waals surface area contributed by atoms with Gasteiger partial charge in [0.1, 0.15) is 6.04 Å². The van der Waals surface area contributed by atoms with E-state index in [1.807, 2.05) is 0 Å². The molecule has 2 atom stereocenters. The molecule has 2 fully saturated rings. The highest BCUT2D eigenvalue weighted by atomic mass is 32.2. The molecule has 148 valence electrons. The van der Waals surface area contributed by atoms with Crippen LogP contribution in [-0.4, -0.2) is 78.7 Å². The van der Waals surface area contributed by atoms with Crippen LogP contribution in [0.4, 0.5) is 5.69 Å². The third-order valence-electron chi connectivity index (χ3n) is 4.58. The van der Waals surface area contributed by atoms with Crippen molar-refractivity contribution in [3.63, 3.8) is 0 Å². The van der Waals surface area contributed by atoms with Crippen molar-refractivity contribution < 1.29 is 23.1 Å². The summed E-state index contributed by atoms with van der Waals surface area (Å²) in [5.41, 5.74) is 5.94. The van der Waals surface area contributed by atoms with Crippen molar-refractivity contribution in [2.45, 2.75) is 23.5 Å². The number of sulfonamides is 1. The highest BCUT2D eigenvalue weighted by Gasteiger charge is 2.36. The van der Waals surface area contributed by atoms with Gasteiger partial charge in [-0.05, 0) is 36.5 Å². The van der Waals surface area contributed by atoms with Gasteiger partial charge in [-0.15, -0.1) is 0 Å². The smallest absolute Gasteiger partial charge is 0.243 e. The maximum Gasteiger partial charge on any atom is 0.243 e. The second-order valence-electron chi connectivity index (χ2n) is 6.43. The van der Waals surface area contributed by atoms with Gasteiger partial charge < -0.3 is 25.8 Å². The zero-order chi connectivity index (χ0) is 19.6. The van der Waals surface area contributed by atoms with E-state index in [2.05, 4.69) is 5.32 Å². The standard InChI is InChI=1S/C16H22N4O5S2/c17-15(22)14-9-12(21)10-20(14)16(26)18-11-1-3-13(4-2-11)27(23,24)19-5-7-25-8-6-19/h1-4,12,14,21H,5-10H2,(H2,17,22)(H,18,26)/t12-,14-/m1/s1. The molecule has 0 radical (unpaired) electrons. The Bertz CT molecular complexity index is 809. The molecule has 0 aromatic heterocycles. The number of β-amino-alcohol motifs (C(OH)–C–C–N with tert-alkyl or cyclic N) is 1. The number of amides is 1. The van der Waals surface area contributed by atoms with Gasteiger partial charge >= 0.3 is 0 Å². The number of ether oxygens (including phenoxy) is 1. The predicted octanol–water partition coefficient (Wildman–Crippen LogP) is -0.675. The molecule has 1 aromatic carbocycles. The number of nitrogens with two attached hydrogens (primary N) is 1. The van der Waals surface area contributed by atoms with Crippen molar-refractivity contribution in [3.8, 4) is 0 Å². The lowest BCUT2D eigenvalue weighted by Gasteiger charge is -2.26. The Morgan fingerprint density at radius 1 is 1.26 bits per heavy atom. The van der Waals surface area contributed by atoms with Crippen LogP contribution in [0.3, 0.4) is 0 Å². The predicted molar refractivity (Wildman–Crippen MR) is 103 cm³/mol. The van der Waals surface area contributed by atoms with Crippen LogP contribution in [0, 0.1) is 0 Å². The van der Waals surface area contributed by atoms with Crippen LogP contribution in [0.1, 0.15) is 6.42 Å². The first kappa shape index (κ1) is 20.0. The second-order valence-corrected chi connectivity index (χ2v) is 8.76. The highest BCUT2D eigenvalue weighted by molar-refractivity contribution is 7.89. The first-order valence-electron chi connectivity index (χ1n) is 8.52. The van der Waals surface area contributed by atoms with Crippen LogP contribution < -0.4 is 11.1 Å². The third-order valence-corrected chi connectivity index (χ3v) is 6.83. The maximum atomic E-state index is 12.6. The summed E-state index contributed by atoms with van der Waals surface area (Å²) in [5, 5.41) is 13.0. The number of nitrogens with zero attached hydrogens (tertiary/aromatic N) is 2. The number of hydrogen-bond acceptors (Lipinski definition) is 6.